The van der Waals surface area contributed by atoms with Gasteiger partial charge in [-0.05, 0) is 77.1 Å². The number of hydrogen-bond acceptors (Lipinski definition) is 5. The Hall–Kier alpha value is -2.89. The highest BCUT2D eigenvalue weighted by Gasteiger charge is 2.41. The molecule has 41 heavy (non-hydrogen) atoms. The third-order valence-electron chi connectivity index (χ3n) is 8.18. The fraction of sp³-hybridized carbons (Fsp3) is 0.438. The molecule has 4 N–H and O–H groups in total. The van der Waals surface area contributed by atoms with Gasteiger partial charge in [-0.25, -0.2) is 0 Å². The van der Waals surface area contributed by atoms with E-state index in [-0.39, 0.29) is 31.4 Å². The molecule has 218 valence electrons. The third-order valence-corrected chi connectivity index (χ3v) is 9.07. The molecule has 0 spiro atoms. The summed E-state index contributed by atoms with van der Waals surface area (Å²) in [6, 6.07) is 17.0. The van der Waals surface area contributed by atoms with Gasteiger partial charge >= 0.3 is 0 Å². The van der Waals surface area contributed by atoms with Crippen molar-refractivity contribution in [3.63, 3.8) is 0 Å². The summed E-state index contributed by atoms with van der Waals surface area (Å²) in [6.07, 6.45) is 5.40. The van der Waals surface area contributed by atoms with Crippen LogP contribution in [0.15, 0.2) is 66.2 Å². The van der Waals surface area contributed by atoms with Crippen LogP contribution in [0.2, 0.25) is 0 Å². The number of rotatable bonds is 11. The number of para-hydroxylation sites is 2. The Morgan fingerprint density at radius 3 is 2.61 bits per heavy atom. The number of carbonyl (C=O) groups excluding carboxylic acids is 2. The zero-order chi connectivity index (χ0) is 28.8. The van der Waals surface area contributed by atoms with Crippen molar-refractivity contribution in [2.24, 2.45) is 5.92 Å². The number of carbonyl (C=O) groups is 2. The first kappa shape index (κ1) is 29.6. The summed E-state index contributed by atoms with van der Waals surface area (Å²) < 4.78 is 7.15. The lowest BCUT2D eigenvalue weighted by Crippen LogP contribution is -2.55. The predicted molar refractivity (Wildman–Crippen MR) is 166 cm³/mol. The summed E-state index contributed by atoms with van der Waals surface area (Å²) in [4.78, 5) is 32.2. The average Bonchev–Trinajstić information content (AvgIpc) is 3.64. The number of nitrogens with zero attached hydrogens (tertiary/aromatic N) is 1. The minimum absolute atomic E-state index is 0.00196. The van der Waals surface area contributed by atoms with Gasteiger partial charge in [0.15, 0.2) is 0 Å². The number of nitrogens with one attached hydrogen (secondary N) is 2. The zero-order valence-corrected chi connectivity index (χ0v) is 25.3. The second-order valence-electron chi connectivity index (χ2n) is 11.0. The van der Waals surface area contributed by atoms with Crippen LogP contribution in [0.4, 0.5) is 0 Å². The van der Waals surface area contributed by atoms with Crippen molar-refractivity contribution in [3.05, 3.63) is 75.5 Å². The normalized spacial score (nSPS) is 21.0. The Kier molecular flexibility index (Phi) is 10.00. The Morgan fingerprint density at radius 2 is 1.85 bits per heavy atom. The van der Waals surface area contributed by atoms with Crippen molar-refractivity contribution < 1.29 is 24.5 Å². The van der Waals surface area contributed by atoms with E-state index in [1.165, 1.54) is 0 Å². The molecule has 0 radical (unpaired) electrons. The molecule has 2 aromatic carbocycles. The summed E-state index contributed by atoms with van der Waals surface area (Å²) >= 11 is 2.18. The smallest absolute Gasteiger partial charge is 0.247 e. The number of aliphatic hydroxyl groups excluding tert-OH is 2. The van der Waals surface area contributed by atoms with Crippen molar-refractivity contribution in [3.8, 4) is 5.75 Å². The number of aromatic amines is 1. The molecule has 5 rings (SSSR count). The molecule has 1 fully saturated rings. The second-order valence-corrected chi connectivity index (χ2v) is 12.2. The van der Waals surface area contributed by atoms with Crippen molar-refractivity contribution in [1.29, 1.82) is 0 Å². The van der Waals surface area contributed by atoms with Crippen LogP contribution in [-0.2, 0) is 16.0 Å². The molecule has 1 aromatic heterocycles. The van der Waals surface area contributed by atoms with Gasteiger partial charge in [0.05, 0.1) is 16.2 Å². The molecule has 1 heterocycles. The number of H-pyrrole nitrogens is 1. The molecular weight excluding hydrogens is 633 g/mol. The summed E-state index contributed by atoms with van der Waals surface area (Å²) in [5, 5.41) is 24.8. The van der Waals surface area contributed by atoms with Crippen LogP contribution >= 0.6 is 22.6 Å². The minimum Gasteiger partial charge on any atom is -0.482 e. The van der Waals surface area contributed by atoms with Crippen molar-refractivity contribution in [2.75, 3.05) is 19.7 Å². The van der Waals surface area contributed by atoms with E-state index in [2.05, 4.69) is 45.0 Å². The Balaban J connectivity index is 1.43. The van der Waals surface area contributed by atoms with E-state index in [4.69, 9.17) is 4.74 Å². The highest BCUT2D eigenvalue weighted by molar-refractivity contribution is 14.1. The maximum Gasteiger partial charge on any atom is 0.247 e. The van der Waals surface area contributed by atoms with Gasteiger partial charge in [-0.15, -0.1) is 0 Å². The van der Waals surface area contributed by atoms with Gasteiger partial charge in [-0.3, -0.25) is 9.59 Å². The summed E-state index contributed by atoms with van der Waals surface area (Å²) in [5.41, 5.74) is 2.49. The first-order chi connectivity index (χ1) is 19.9. The van der Waals surface area contributed by atoms with Crippen LogP contribution in [0.3, 0.4) is 0 Å². The molecular formula is C32H38IN3O5. The predicted octanol–water partition coefficient (Wildman–Crippen LogP) is 4.34. The quantitative estimate of drug-likeness (QED) is 0.227. The molecule has 2 amide bonds. The summed E-state index contributed by atoms with van der Waals surface area (Å²) in [7, 11) is 0. The van der Waals surface area contributed by atoms with Crippen LogP contribution in [-0.4, -0.2) is 69.9 Å². The number of halogens is 1. The molecule has 2 aliphatic carbocycles. The molecule has 0 bridgehead atoms. The van der Waals surface area contributed by atoms with Gasteiger partial charge < -0.3 is 30.2 Å². The summed E-state index contributed by atoms with van der Waals surface area (Å²) in [6.45, 7) is 0.348. The number of ether oxygens (including phenoxy) is 1. The lowest BCUT2D eigenvalue weighted by Gasteiger charge is -2.41. The molecule has 8 nitrogen and oxygen atoms in total. The number of amides is 2. The maximum atomic E-state index is 13.9. The standard InChI is InChI=1S/C32H38IN3O5/c33-25-10-4-6-12-28(25)41-29-20-23(32(40)34-14-16-37)19-27(31(29)39)36(30(38)17-21-7-1-2-8-21)15-13-24-18-22-9-3-5-11-26(22)35-24/h3-6,9-12,18,20-21,27,29,31,35,37,39H,1-2,7-8,13-17,19H2,(H,34,40). The topological polar surface area (TPSA) is 115 Å². The molecule has 2 aliphatic rings. The van der Waals surface area contributed by atoms with Gasteiger partial charge in [0.2, 0.25) is 11.8 Å². The van der Waals surface area contributed by atoms with Crippen LogP contribution in [0.1, 0.15) is 44.2 Å². The van der Waals surface area contributed by atoms with E-state index in [9.17, 15) is 19.8 Å². The zero-order valence-electron chi connectivity index (χ0n) is 23.1. The highest BCUT2D eigenvalue weighted by Crippen LogP contribution is 2.32. The van der Waals surface area contributed by atoms with E-state index in [1.54, 1.807) is 11.0 Å². The molecule has 1 saturated carbocycles. The van der Waals surface area contributed by atoms with Gasteiger partial charge in [-0.2, -0.15) is 0 Å². The first-order valence-electron chi connectivity index (χ1n) is 14.5. The van der Waals surface area contributed by atoms with E-state index >= 15 is 0 Å². The van der Waals surface area contributed by atoms with E-state index < -0.39 is 18.2 Å². The molecule has 3 aromatic rings. The van der Waals surface area contributed by atoms with Crippen LogP contribution < -0.4 is 10.1 Å². The van der Waals surface area contributed by atoms with E-state index in [1.807, 2.05) is 42.5 Å². The van der Waals surface area contributed by atoms with Gasteiger partial charge in [0.25, 0.3) is 0 Å². The largest absolute Gasteiger partial charge is 0.482 e. The summed E-state index contributed by atoms with van der Waals surface area (Å²) in [5.74, 6) is 0.624. The molecule has 0 aliphatic heterocycles. The van der Waals surface area contributed by atoms with E-state index in [0.29, 0.717) is 36.6 Å². The second kappa shape index (κ2) is 13.8. The monoisotopic (exact) mass is 671 g/mol. The minimum atomic E-state index is -1.03. The number of hydrogen-bond donors (Lipinski definition) is 4. The average molecular weight is 672 g/mol. The number of fused-ring (bicyclic) bond motifs is 1. The van der Waals surface area contributed by atoms with Gasteiger partial charge in [-0.1, -0.05) is 43.2 Å². The molecule has 0 saturated heterocycles. The highest BCUT2D eigenvalue weighted by atomic mass is 127. The first-order valence-corrected chi connectivity index (χ1v) is 15.6. The lowest BCUT2D eigenvalue weighted by molar-refractivity contribution is -0.139. The Morgan fingerprint density at radius 1 is 1.10 bits per heavy atom. The fourth-order valence-electron chi connectivity index (χ4n) is 6.03. The van der Waals surface area contributed by atoms with E-state index in [0.717, 1.165) is 45.9 Å². The molecule has 9 heteroatoms. The lowest BCUT2D eigenvalue weighted by atomic mass is 9.87. The van der Waals surface area contributed by atoms with Gasteiger partial charge in [0.1, 0.15) is 18.0 Å². The van der Waals surface area contributed by atoms with Gasteiger partial charge in [0, 0.05) is 49.1 Å². The maximum absolute atomic E-state index is 13.9. The van der Waals surface area contributed by atoms with Crippen molar-refractivity contribution in [2.45, 2.75) is 63.2 Å². The fourth-order valence-corrected chi connectivity index (χ4v) is 6.54. The molecule has 3 atom stereocenters. The molecule has 3 unspecified atom stereocenters. The Bertz CT molecular complexity index is 1350. The van der Waals surface area contributed by atoms with Crippen LogP contribution in [0.25, 0.3) is 10.9 Å². The van der Waals surface area contributed by atoms with Crippen LogP contribution in [0, 0.1) is 9.49 Å². The number of aliphatic hydroxyl groups is 2. The van der Waals surface area contributed by atoms with Crippen molar-refractivity contribution in [1.82, 2.24) is 15.2 Å². The number of aromatic nitrogens is 1. The Labute approximate surface area is 254 Å². The van der Waals surface area contributed by atoms with Crippen LogP contribution in [0.5, 0.6) is 5.75 Å². The third kappa shape index (κ3) is 7.31. The SMILES string of the molecule is O=C(NCCO)C1=CC(Oc2ccccc2I)C(O)C(N(CCc2cc3ccccc3[nH]2)C(=O)CC2CCCC2)C1. The van der Waals surface area contributed by atoms with Crippen molar-refractivity contribution >= 4 is 45.3 Å². The number of benzene rings is 2.